The number of rotatable bonds is 5. The number of hydrogen-bond donors (Lipinski definition) is 0. The summed E-state index contributed by atoms with van der Waals surface area (Å²) >= 11 is 1.67. The second-order valence-corrected chi connectivity index (χ2v) is 8.20. The summed E-state index contributed by atoms with van der Waals surface area (Å²) in [6.45, 7) is 6.05. The summed E-state index contributed by atoms with van der Waals surface area (Å²) in [5.74, 6) is 0.887. The summed E-state index contributed by atoms with van der Waals surface area (Å²) in [7, 11) is 0. The number of nitrogens with zero attached hydrogens (tertiary/aromatic N) is 5. The van der Waals surface area contributed by atoms with E-state index in [0.717, 1.165) is 60.9 Å². The average molecular weight is 494 g/mol. The third-order valence-corrected chi connectivity index (χ3v) is 5.99. The van der Waals surface area contributed by atoms with Gasteiger partial charge in [-0.05, 0) is 36.8 Å². The molecule has 1 fully saturated rings. The van der Waals surface area contributed by atoms with E-state index >= 15 is 0 Å². The molecule has 0 amide bonds. The average Bonchev–Trinajstić information content (AvgIpc) is 3.10. The molecule has 0 saturated carbocycles. The Bertz CT molecular complexity index is 990. The van der Waals surface area contributed by atoms with Gasteiger partial charge in [-0.1, -0.05) is 23.9 Å². The van der Waals surface area contributed by atoms with Crippen molar-refractivity contribution in [3.63, 3.8) is 0 Å². The topological polar surface area (TPSA) is 36.7 Å². The minimum atomic E-state index is -4.31. The number of aromatic nitrogens is 3. The smallest absolute Gasteiger partial charge is 0.369 e. The molecule has 170 valence electrons. The Kier molecular flexibility index (Phi) is 8.88. The van der Waals surface area contributed by atoms with Crippen LogP contribution in [0.2, 0.25) is 0 Å². The molecule has 0 radical (unpaired) electrons. The molecule has 3 heterocycles. The lowest BCUT2D eigenvalue weighted by molar-refractivity contribution is -0.137. The van der Waals surface area contributed by atoms with Gasteiger partial charge in [0.2, 0.25) is 0 Å². The zero-order valence-electron chi connectivity index (χ0n) is 16.9. The van der Waals surface area contributed by atoms with Crippen LogP contribution in [0.3, 0.4) is 0 Å². The summed E-state index contributed by atoms with van der Waals surface area (Å²) in [5.41, 5.74) is 2.04. The van der Waals surface area contributed by atoms with E-state index in [1.54, 1.807) is 17.8 Å². The van der Waals surface area contributed by atoms with Crippen molar-refractivity contribution in [1.82, 2.24) is 19.5 Å². The van der Waals surface area contributed by atoms with Crippen molar-refractivity contribution in [2.24, 2.45) is 0 Å². The molecule has 11 heteroatoms. The Morgan fingerprint density at radius 3 is 2.45 bits per heavy atom. The normalized spacial score (nSPS) is 14.9. The van der Waals surface area contributed by atoms with Gasteiger partial charge in [0, 0.05) is 50.4 Å². The van der Waals surface area contributed by atoms with Crippen LogP contribution < -0.4 is 4.90 Å². The number of anilines is 1. The van der Waals surface area contributed by atoms with Crippen molar-refractivity contribution < 1.29 is 13.2 Å². The maximum atomic E-state index is 12.9. The molecular weight excluding hydrogens is 470 g/mol. The van der Waals surface area contributed by atoms with Crippen LogP contribution in [0.1, 0.15) is 11.1 Å². The monoisotopic (exact) mass is 493 g/mol. The SMILES string of the molecule is Cc1ccc2nnc(SCCN3CCN(c4cccc(C(F)(F)F)c4)CC3)n2c1.Cl.Cl. The van der Waals surface area contributed by atoms with Gasteiger partial charge in [0.1, 0.15) is 0 Å². The molecule has 4 rings (SSSR count). The van der Waals surface area contributed by atoms with Crippen molar-refractivity contribution in [2.45, 2.75) is 18.3 Å². The third kappa shape index (κ3) is 6.19. The molecule has 1 saturated heterocycles. The first kappa shape index (κ1) is 25.6. The van der Waals surface area contributed by atoms with Gasteiger partial charge in [0.05, 0.1) is 5.56 Å². The zero-order chi connectivity index (χ0) is 20.4. The molecule has 0 bridgehead atoms. The predicted octanol–water partition coefficient (Wildman–Crippen LogP) is 4.81. The molecule has 31 heavy (non-hydrogen) atoms. The van der Waals surface area contributed by atoms with Gasteiger partial charge in [0.15, 0.2) is 10.8 Å². The van der Waals surface area contributed by atoms with Crippen molar-refractivity contribution in [1.29, 1.82) is 0 Å². The number of alkyl halides is 3. The van der Waals surface area contributed by atoms with Gasteiger partial charge in [0.25, 0.3) is 0 Å². The first-order chi connectivity index (χ1) is 13.9. The molecule has 0 atom stereocenters. The number of thioether (sulfide) groups is 1. The number of hydrogen-bond acceptors (Lipinski definition) is 5. The van der Waals surface area contributed by atoms with Crippen LogP contribution >= 0.6 is 36.6 Å². The highest BCUT2D eigenvalue weighted by molar-refractivity contribution is 7.99. The second kappa shape index (κ2) is 10.8. The Morgan fingerprint density at radius 2 is 1.74 bits per heavy atom. The van der Waals surface area contributed by atoms with Crippen molar-refractivity contribution in [3.05, 3.63) is 53.7 Å². The van der Waals surface area contributed by atoms with Gasteiger partial charge < -0.3 is 4.90 Å². The standard InChI is InChI=1S/C20H22F3N5S.2ClH/c1-15-5-6-18-24-25-19(28(18)14-15)29-12-11-26-7-9-27(10-8-26)17-4-2-3-16(13-17)20(21,22)23;;/h2-6,13-14H,7-12H2,1H3;2*1H. The Morgan fingerprint density at radius 1 is 1.00 bits per heavy atom. The van der Waals surface area contributed by atoms with E-state index in [2.05, 4.69) is 15.1 Å². The van der Waals surface area contributed by atoms with Crippen LogP contribution in [0.15, 0.2) is 47.8 Å². The first-order valence-corrected chi connectivity index (χ1v) is 10.5. The summed E-state index contributed by atoms with van der Waals surface area (Å²) < 4.78 is 40.8. The van der Waals surface area contributed by atoms with E-state index in [4.69, 9.17) is 0 Å². The fourth-order valence-corrected chi connectivity index (χ4v) is 4.36. The lowest BCUT2D eigenvalue weighted by Crippen LogP contribution is -2.47. The van der Waals surface area contributed by atoms with Gasteiger partial charge in [-0.3, -0.25) is 9.30 Å². The highest BCUT2D eigenvalue weighted by atomic mass is 35.5. The Balaban J connectivity index is 0.00000171. The van der Waals surface area contributed by atoms with E-state index in [-0.39, 0.29) is 24.8 Å². The van der Waals surface area contributed by atoms with E-state index in [9.17, 15) is 13.2 Å². The van der Waals surface area contributed by atoms with Crippen LogP contribution in [0.5, 0.6) is 0 Å². The maximum absolute atomic E-state index is 12.9. The molecule has 3 aromatic rings. The fourth-order valence-electron chi connectivity index (χ4n) is 3.45. The van der Waals surface area contributed by atoms with Gasteiger partial charge in [-0.25, -0.2) is 0 Å². The van der Waals surface area contributed by atoms with Gasteiger partial charge in [-0.15, -0.1) is 35.0 Å². The van der Waals surface area contributed by atoms with E-state index in [1.807, 2.05) is 34.6 Å². The molecule has 1 aliphatic heterocycles. The Hall–Kier alpha value is -1.68. The number of pyridine rings is 1. The highest BCUT2D eigenvalue weighted by Gasteiger charge is 2.31. The number of piperazine rings is 1. The first-order valence-electron chi connectivity index (χ1n) is 9.49. The minimum absolute atomic E-state index is 0. The lowest BCUT2D eigenvalue weighted by atomic mass is 10.1. The molecule has 0 unspecified atom stereocenters. The molecule has 2 aromatic heterocycles. The molecule has 1 aliphatic rings. The summed E-state index contributed by atoms with van der Waals surface area (Å²) in [6.07, 6.45) is -2.27. The summed E-state index contributed by atoms with van der Waals surface area (Å²) in [4.78, 5) is 4.36. The molecule has 5 nitrogen and oxygen atoms in total. The number of halogens is 5. The quantitative estimate of drug-likeness (QED) is 0.476. The van der Waals surface area contributed by atoms with Crippen LogP contribution in [-0.2, 0) is 6.18 Å². The zero-order valence-corrected chi connectivity index (χ0v) is 19.3. The predicted molar refractivity (Wildman–Crippen MR) is 123 cm³/mol. The molecule has 0 aliphatic carbocycles. The minimum Gasteiger partial charge on any atom is -0.369 e. The highest BCUT2D eigenvalue weighted by Crippen LogP contribution is 2.32. The van der Waals surface area contributed by atoms with Gasteiger partial charge >= 0.3 is 6.18 Å². The largest absolute Gasteiger partial charge is 0.416 e. The van der Waals surface area contributed by atoms with E-state index < -0.39 is 11.7 Å². The van der Waals surface area contributed by atoms with Crippen LogP contribution in [0, 0.1) is 6.92 Å². The van der Waals surface area contributed by atoms with Crippen LogP contribution in [-0.4, -0.2) is 58.0 Å². The number of aryl methyl sites for hydroxylation is 1. The second-order valence-electron chi connectivity index (χ2n) is 7.14. The third-order valence-electron chi connectivity index (χ3n) is 5.07. The van der Waals surface area contributed by atoms with Crippen molar-refractivity contribution >= 4 is 47.9 Å². The molecule has 0 N–H and O–H groups in total. The van der Waals surface area contributed by atoms with E-state index in [1.165, 1.54) is 12.1 Å². The van der Waals surface area contributed by atoms with Gasteiger partial charge in [-0.2, -0.15) is 13.2 Å². The lowest BCUT2D eigenvalue weighted by Gasteiger charge is -2.36. The molecular formula is C20H24Cl2F3N5S. The van der Waals surface area contributed by atoms with Crippen molar-refractivity contribution in [2.75, 3.05) is 43.4 Å². The molecule has 1 aromatic carbocycles. The maximum Gasteiger partial charge on any atom is 0.416 e. The molecule has 0 spiro atoms. The fraction of sp³-hybridized carbons (Fsp3) is 0.400. The van der Waals surface area contributed by atoms with Crippen molar-refractivity contribution in [3.8, 4) is 0 Å². The van der Waals surface area contributed by atoms with E-state index in [0.29, 0.717) is 5.69 Å². The summed E-state index contributed by atoms with van der Waals surface area (Å²) in [5, 5.41) is 9.32. The van der Waals surface area contributed by atoms with Crippen LogP contribution in [0.25, 0.3) is 5.65 Å². The number of fused-ring (bicyclic) bond motifs is 1. The number of benzene rings is 1. The Labute approximate surface area is 195 Å². The summed E-state index contributed by atoms with van der Waals surface area (Å²) in [6, 6.07) is 9.56. The van der Waals surface area contributed by atoms with Crippen LogP contribution in [0.4, 0.5) is 18.9 Å².